The van der Waals surface area contributed by atoms with E-state index in [1.807, 2.05) is 13.8 Å². The third-order valence-corrected chi connectivity index (χ3v) is 2.26. The SMILES string of the molecule is COc1c(C)cc(C(=O)CC=O)cc1C. The van der Waals surface area contributed by atoms with Gasteiger partial charge in [0.05, 0.1) is 13.5 Å². The molecule has 0 aliphatic carbocycles. The van der Waals surface area contributed by atoms with Gasteiger partial charge in [-0.05, 0) is 37.1 Å². The second-order valence-corrected chi connectivity index (χ2v) is 3.44. The van der Waals surface area contributed by atoms with Crippen LogP contribution in [0.25, 0.3) is 0 Å². The van der Waals surface area contributed by atoms with Crippen LogP contribution in [0.2, 0.25) is 0 Å². The number of rotatable bonds is 4. The molecule has 3 heteroatoms. The van der Waals surface area contributed by atoms with E-state index in [-0.39, 0.29) is 12.2 Å². The third kappa shape index (κ3) is 2.43. The fourth-order valence-corrected chi connectivity index (χ4v) is 1.63. The van der Waals surface area contributed by atoms with Gasteiger partial charge in [-0.15, -0.1) is 0 Å². The Morgan fingerprint density at radius 2 is 1.87 bits per heavy atom. The summed E-state index contributed by atoms with van der Waals surface area (Å²) in [6.45, 7) is 3.76. The minimum Gasteiger partial charge on any atom is -0.496 e. The first kappa shape index (κ1) is 11.4. The normalized spacial score (nSPS) is 9.80. The van der Waals surface area contributed by atoms with Gasteiger partial charge in [0.25, 0.3) is 0 Å². The molecule has 3 nitrogen and oxygen atoms in total. The average Bonchev–Trinajstić information content (AvgIpc) is 2.17. The molecule has 0 aliphatic rings. The Balaban J connectivity index is 3.13. The highest BCUT2D eigenvalue weighted by molar-refractivity contribution is 6.03. The Morgan fingerprint density at radius 3 is 2.27 bits per heavy atom. The van der Waals surface area contributed by atoms with Gasteiger partial charge in [-0.2, -0.15) is 0 Å². The topological polar surface area (TPSA) is 43.4 Å². The van der Waals surface area contributed by atoms with Crippen LogP contribution in [0, 0.1) is 13.8 Å². The predicted octanol–water partition coefficient (Wildman–Crippen LogP) is 2.08. The summed E-state index contributed by atoms with van der Waals surface area (Å²) in [5.74, 6) is 0.636. The number of hydrogen-bond acceptors (Lipinski definition) is 3. The maximum atomic E-state index is 11.5. The van der Waals surface area contributed by atoms with E-state index < -0.39 is 0 Å². The zero-order valence-corrected chi connectivity index (χ0v) is 9.16. The molecule has 0 saturated carbocycles. The molecular weight excluding hydrogens is 192 g/mol. The standard InChI is InChI=1S/C12H14O3/c1-8-6-10(11(14)4-5-13)7-9(2)12(8)15-3/h5-7H,4H2,1-3H3. The summed E-state index contributed by atoms with van der Waals surface area (Å²) in [4.78, 5) is 21.7. The molecule has 0 spiro atoms. The minimum atomic E-state index is -0.154. The highest BCUT2D eigenvalue weighted by Crippen LogP contribution is 2.24. The number of ether oxygens (including phenoxy) is 1. The Morgan fingerprint density at radius 1 is 1.33 bits per heavy atom. The molecule has 0 aliphatic heterocycles. The van der Waals surface area contributed by atoms with Gasteiger partial charge in [-0.1, -0.05) is 0 Å². The second kappa shape index (κ2) is 4.73. The first-order valence-electron chi connectivity index (χ1n) is 4.72. The number of ketones is 1. The minimum absolute atomic E-state index is 0.0643. The van der Waals surface area contributed by atoms with Crippen LogP contribution in [-0.2, 0) is 4.79 Å². The molecule has 0 bridgehead atoms. The van der Waals surface area contributed by atoms with Gasteiger partial charge < -0.3 is 9.53 Å². The summed E-state index contributed by atoms with van der Waals surface area (Å²) in [5, 5.41) is 0. The molecule has 0 unspecified atom stereocenters. The van der Waals surface area contributed by atoms with Crippen molar-refractivity contribution in [1.82, 2.24) is 0 Å². The lowest BCUT2D eigenvalue weighted by Gasteiger charge is -2.09. The highest BCUT2D eigenvalue weighted by atomic mass is 16.5. The van der Waals surface area contributed by atoms with Gasteiger partial charge in [0.1, 0.15) is 12.0 Å². The van der Waals surface area contributed by atoms with Crippen molar-refractivity contribution in [2.24, 2.45) is 0 Å². The smallest absolute Gasteiger partial charge is 0.169 e. The van der Waals surface area contributed by atoms with E-state index in [0.29, 0.717) is 11.8 Å². The van der Waals surface area contributed by atoms with Crippen LogP contribution in [0.1, 0.15) is 27.9 Å². The van der Waals surface area contributed by atoms with Gasteiger partial charge in [0, 0.05) is 5.56 Å². The molecule has 0 aromatic heterocycles. The Hall–Kier alpha value is -1.64. The summed E-state index contributed by atoms with van der Waals surface area (Å²) in [6.07, 6.45) is 0.558. The molecule has 0 atom stereocenters. The molecule has 80 valence electrons. The van der Waals surface area contributed by atoms with Crippen LogP contribution in [0.3, 0.4) is 0 Å². The van der Waals surface area contributed by atoms with Gasteiger partial charge in [0.2, 0.25) is 0 Å². The summed E-state index contributed by atoms with van der Waals surface area (Å²) in [5.41, 5.74) is 2.39. The molecular formula is C12H14O3. The van der Waals surface area contributed by atoms with Crippen molar-refractivity contribution < 1.29 is 14.3 Å². The van der Waals surface area contributed by atoms with Crippen LogP contribution >= 0.6 is 0 Å². The lowest BCUT2D eigenvalue weighted by atomic mass is 10.0. The molecule has 0 amide bonds. The first-order valence-corrected chi connectivity index (χ1v) is 4.72. The van der Waals surface area contributed by atoms with E-state index in [9.17, 15) is 9.59 Å². The van der Waals surface area contributed by atoms with Gasteiger partial charge in [-0.25, -0.2) is 0 Å². The van der Waals surface area contributed by atoms with Crippen LogP contribution < -0.4 is 4.74 Å². The van der Waals surface area contributed by atoms with Gasteiger partial charge >= 0.3 is 0 Å². The fraction of sp³-hybridized carbons (Fsp3) is 0.333. The number of carbonyl (C=O) groups excluding carboxylic acids is 2. The molecule has 1 rings (SSSR count). The van der Waals surface area contributed by atoms with E-state index in [1.165, 1.54) is 0 Å². The zero-order valence-electron chi connectivity index (χ0n) is 9.16. The molecule has 1 aromatic rings. The second-order valence-electron chi connectivity index (χ2n) is 3.44. The summed E-state index contributed by atoms with van der Waals surface area (Å²) in [6, 6.07) is 3.50. The number of carbonyl (C=O) groups is 2. The molecule has 1 aromatic carbocycles. The summed E-state index contributed by atoms with van der Waals surface area (Å²) in [7, 11) is 1.60. The number of benzene rings is 1. The van der Waals surface area contributed by atoms with Crippen LogP contribution in [0.5, 0.6) is 5.75 Å². The number of Topliss-reactive ketones (excluding diaryl/α,β-unsaturated/α-hetero) is 1. The zero-order chi connectivity index (χ0) is 11.4. The molecule has 15 heavy (non-hydrogen) atoms. The molecule has 0 N–H and O–H groups in total. The monoisotopic (exact) mass is 206 g/mol. The average molecular weight is 206 g/mol. The first-order chi connectivity index (χ1) is 7.10. The fourth-order valence-electron chi connectivity index (χ4n) is 1.63. The van der Waals surface area contributed by atoms with Gasteiger partial charge in [0.15, 0.2) is 5.78 Å². The maximum absolute atomic E-state index is 11.5. The Kier molecular flexibility index (Phi) is 3.61. The van der Waals surface area contributed by atoms with E-state index in [4.69, 9.17) is 4.74 Å². The lowest BCUT2D eigenvalue weighted by molar-refractivity contribution is -0.107. The van der Waals surface area contributed by atoms with Crippen molar-refractivity contribution in [1.29, 1.82) is 0 Å². The Labute approximate surface area is 89.1 Å². The van der Waals surface area contributed by atoms with Crippen molar-refractivity contribution in [2.45, 2.75) is 20.3 Å². The maximum Gasteiger partial charge on any atom is 0.169 e. The van der Waals surface area contributed by atoms with Crippen molar-refractivity contribution in [3.63, 3.8) is 0 Å². The summed E-state index contributed by atoms with van der Waals surface area (Å²) < 4.78 is 5.19. The number of methoxy groups -OCH3 is 1. The van der Waals surface area contributed by atoms with Crippen LogP contribution in [-0.4, -0.2) is 19.2 Å². The van der Waals surface area contributed by atoms with Crippen molar-refractivity contribution >= 4 is 12.1 Å². The molecule has 0 fully saturated rings. The number of hydrogen-bond donors (Lipinski definition) is 0. The van der Waals surface area contributed by atoms with Crippen LogP contribution in [0.4, 0.5) is 0 Å². The lowest BCUT2D eigenvalue weighted by Crippen LogP contribution is -2.02. The van der Waals surface area contributed by atoms with Crippen LogP contribution in [0.15, 0.2) is 12.1 Å². The number of aldehydes is 1. The van der Waals surface area contributed by atoms with E-state index in [0.717, 1.165) is 16.9 Å². The van der Waals surface area contributed by atoms with E-state index >= 15 is 0 Å². The summed E-state index contributed by atoms with van der Waals surface area (Å²) >= 11 is 0. The van der Waals surface area contributed by atoms with Crippen molar-refractivity contribution in [3.05, 3.63) is 28.8 Å². The molecule has 0 saturated heterocycles. The quantitative estimate of drug-likeness (QED) is 0.430. The third-order valence-electron chi connectivity index (χ3n) is 2.26. The Bertz CT molecular complexity index is 371. The molecule has 0 radical (unpaired) electrons. The van der Waals surface area contributed by atoms with E-state index in [2.05, 4.69) is 0 Å². The van der Waals surface area contributed by atoms with Crippen molar-refractivity contribution in [2.75, 3.05) is 7.11 Å². The number of aryl methyl sites for hydroxylation is 2. The van der Waals surface area contributed by atoms with Crippen molar-refractivity contribution in [3.8, 4) is 5.75 Å². The predicted molar refractivity (Wildman–Crippen MR) is 57.5 cm³/mol. The van der Waals surface area contributed by atoms with Gasteiger partial charge in [-0.3, -0.25) is 4.79 Å². The molecule has 0 heterocycles. The largest absolute Gasteiger partial charge is 0.496 e. The highest BCUT2D eigenvalue weighted by Gasteiger charge is 2.10. The van der Waals surface area contributed by atoms with E-state index in [1.54, 1.807) is 19.2 Å².